The average molecular weight is 444 g/mol. The maximum absolute atomic E-state index is 14.2. The first-order valence-electron chi connectivity index (χ1n) is 9.97. The standard InChI is InChI=1S/C22H22F2N4O4/c1-22(2)12-9-28(21(31)11-4-5-13(23)16(24)18(11)32-3)17(15(12)22)20(30)27-10-6-7-26-14(8-10)19(25)29/h4-8,12,15,17H,9H2,1-3H3,(H2,25,29)(H,26,27,30)/t12-,15-,17-/m0/s1. The molecule has 1 aliphatic carbocycles. The zero-order valence-electron chi connectivity index (χ0n) is 17.7. The van der Waals surface area contributed by atoms with Crippen LogP contribution in [-0.4, -0.2) is 47.3 Å². The van der Waals surface area contributed by atoms with Gasteiger partial charge in [0.05, 0.1) is 12.7 Å². The van der Waals surface area contributed by atoms with Crippen molar-refractivity contribution in [3.8, 4) is 5.75 Å². The molecule has 1 saturated heterocycles. The lowest BCUT2D eigenvalue weighted by Gasteiger charge is -2.30. The van der Waals surface area contributed by atoms with Gasteiger partial charge in [-0.2, -0.15) is 4.39 Å². The predicted molar refractivity (Wildman–Crippen MR) is 110 cm³/mol. The number of nitrogens with one attached hydrogen (secondary N) is 1. The number of fused-ring (bicyclic) bond motifs is 1. The van der Waals surface area contributed by atoms with Crippen LogP contribution >= 0.6 is 0 Å². The molecule has 2 aromatic rings. The number of pyridine rings is 1. The first kappa shape index (κ1) is 21.7. The van der Waals surface area contributed by atoms with Crippen molar-refractivity contribution in [2.24, 2.45) is 23.0 Å². The average Bonchev–Trinajstić information content (AvgIpc) is 3.10. The summed E-state index contributed by atoms with van der Waals surface area (Å²) in [5, 5.41) is 2.71. The summed E-state index contributed by atoms with van der Waals surface area (Å²) in [6.45, 7) is 4.32. The van der Waals surface area contributed by atoms with Gasteiger partial charge in [0.1, 0.15) is 11.7 Å². The highest BCUT2D eigenvalue weighted by Gasteiger charge is 2.69. The van der Waals surface area contributed by atoms with Crippen LogP contribution in [0.1, 0.15) is 34.7 Å². The molecule has 1 aliphatic heterocycles. The van der Waals surface area contributed by atoms with Crippen molar-refractivity contribution in [1.29, 1.82) is 0 Å². The van der Waals surface area contributed by atoms with Crippen molar-refractivity contribution in [1.82, 2.24) is 9.88 Å². The van der Waals surface area contributed by atoms with Gasteiger partial charge in [-0.1, -0.05) is 13.8 Å². The second-order valence-corrected chi connectivity index (χ2v) is 8.58. The molecule has 0 radical (unpaired) electrons. The second-order valence-electron chi connectivity index (χ2n) is 8.58. The van der Waals surface area contributed by atoms with Gasteiger partial charge in [-0.05, 0) is 41.5 Å². The van der Waals surface area contributed by atoms with Gasteiger partial charge in [0.2, 0.25) is 11.7 Å². The number of ether oxygens (including phenoxy) is 1. The number of rotatable bonds is 5. The van der Waals surface area contributed by atoms with Gasteiger partial charge >= 0.3 is 0 Å². The molecule has 1 saturated carbocycles. The molecule has 1 aromatic heterocycles. The summed E-state index contributed by atoms with van der Waals surface area (Å²) in [4.78, 5) is 43.1. The fourth-order valence-electron chi connectivity index (χ4n) is 4.71. The third-order valence-electron chi connectivity index (χ3n) is 6.50. The Bertz CT molecular complexity index is 1140. The van der Waals surface area contributed by atoms with E-state index >= 15 is 0 Å². The SMILES string of the molecule is COc1c(C(=O)N2C[C@H]3[C@@H]([C@H]2C(=O)Nc2ccnc(C(N)=O)c2)C3(C)C)ccc(F)c1F. The van der Waals surface area contributed by atoms with E-state index in [4.69, 9.17) is 10.5 Å². The number of primary amides is 1. The number of hydrogen-bond donors (Lipinski definition) is 2. The van der Waals surface area contributed by atoms with Crippen LogP contribution in [0.3, 0.4) is 0 Å². The minimum Gasteiger partial charge on any atom is -0.493 e. The lowest BCUT2D eigenvalue weighted by molar-refractivity contribution is -0.120. The van der Waals surface area contributed by atoms with Crippen molar-refractivity contribution >= 4 is 23.4 Å². The predicted octanol–water partition coefficient (Wildman–Crippen LogP) is 2.20. The van der Waals surface area contributed by atoms with Gasteiger partial charge < -0.3 is 20.7 Å². The van der Waals surface area contributed by atoms with Crippen molar-refractivity contribution < 1.29 is 27.9 Å². The van der Waals surface area contributed by atoms with Gasteiger partial charge in [-0.15, -0.1) is 0 Å². The first-order chi connectivity index (χ1) is 15.1. The molecule has 168 valence electrons. The van der Waals surface area contributed by atoms with Crippen molar-refractivity contribution in [2.45, 2.75) is 19.9 Å². The number of aromatic nitrogens is 1. The Hall–Kier alpha value is -3.56. The van der Waals surface area contributed by atoms with Crippen molar-refractivity contribution in [3.63, 3.8) is 0 Å². The van der Waals surface area contributed by atoms with Crippen LogP contribution in [0.15, 0.2) is 30.5 Å². The maximum atomic E-state index is 14.2. The van der Waals surface area contributed by atoms with Crippen LogP contribution < -0.4 is 15.8 Å². The minimum atomic E-state index is -1.26. The summed E-state index contributed by atoms with van der Waals surface area (Å²) in [5.74, 6) is -4.77. The normalized spacial score (nSPS) is 22.8. The van der Waals surface area contributed by atoms with Gasteiger partial charge in [0.15, 0.2) is 11.6 Å². The molecule has 2 fully saturated rings. The minimum absolute atomic E-state index is 0.0155. The number of carbonyl (C=O) groups is 3. The molecule has 8 nitrogen and oxygen atoms in total. The first-order valence-corrected chi connectivity index (χ1v) is 9.97. The van der Waals surface area contributed by atoms with E-state index in [9.17, 15) is 23.2 Å². The van der Waals surface area contributed by atoms with Crippen molar-refractivity contribution in [2.75, 3.05) is 19.0 Å². The van der Waals surface area contributed by atoms with E-state index in [0.717, 1.165) is 19.2 Å². The van der Waals surface area contributed by atoms with Crippen molar-refractivity contribution in [3.05, 3.63) is 53.4 Å². The quantitative estimate of drug-likeness (QED) is 0.734. The summed E-state index contributed by atoms with van der Waals surface area (Å²) in [6.07, 6.45) is 1.34. The van der Waals surface area contributed by atoms with Crippen LogP contribution in [0.2, 0.25) is 0 Å². The summed E-state index contributed by atoms with van der Waals surface area (Å²) in [6, 6.07) is 3.99. The summed E-state index contributed by atoms with van der Waals surface area (Å²) >= 11 is 0. The number of benzene rings is 1. The van der Waals surface area contributed by atoms with E-state index in [1.54, 1.807) is 0 Å². The Morgan fingerprint density at radius 2 is 1.97 bits per heavy atom. The maximum Gasteiger partial charge on any atom is 0.267 e. The van der Waals surface area contributed by atoms with Gasteiger partial charge in [0, 0.05) is 18.4 Å². The Morgan fingerprint density at radius 1 is 1.25 bits per heavy atom. The summed E-state index contributed by atoms with van der Waals surface area (Å²) in [5.41, 5.74) is 5.21. The zero-order valence-corrected chi connectivity index (χ0v) is 17.7. The van der Waals surface area contributed by atoms with E-state index < -0.39 is 41.1 Å². The highest BCUT2D eigenvalue weighted by molar-refractivity contribution is 6.04. The second kappa shape index (κ2) is 7.54. The molecule has 4 rings (SSSR count). The molecule has 3 atom stereocenters. The Morgan fingerprint density at radius 3 is 2.62 bits per heavy atom. The Kier molecular flexibility index (Phi) is 5.10. The number of piperidine rings is 1. The number of nitrogens with two attached hydrogens (primary N) is 1. The van der Waals surface area contributed by atoms with E-state index in [1.165, 1.54) is 23.2 Å². The van der Waals surface area contributed by atoms with Gasteiger partial charge in [0.25, 0.3) is 11.8 Å². The molecule has 0 unspecified atom stereocenters. The lowest BCUT2D eigenvalue weighted by Crippen LogP contribution is -2.47. The third-order valence-corrected chi connectivity index (χ3v) is 6.50. The third kappa shape index (κ3) is 3.35. The molecule has 0 bridgehead atoms. The van der Waals surface area contributed by atoms with Gasteiger partial charge in [-0.25, -0.2) is 4.39 Å². The molecule has 2 aliphatic rings. The number of amides is 3. The molecule has 3 amide bonds. The number of likely N-dealkylation sites (tertiary alicyclic amines) is 1. The number of anilines is 1. The largest absolute Gasteiger partial charge is 0.493 e. The number of halogens is 2. The Balaban J connectivity index is 1.64. The molecular formula is C22H22F2N4O4. The lowest BCUT2D eigenvalue weighted by atomic mass is 9.99. The van der Waals surface area contributed by atoms with Crippen LogP contribution in [0.25, 0.3) is 0 Å². The van der Waals surface area contributed by atoms with E-state index in [0.29, 0.717) is 12.2 Å². The smallest absolute Gasteiger partial charge is 0.267 e. The molecule has 1 aromatic carbocycles. The zero-order chi connectivity index (χ0) is 23.4. The van der Waals surface area contributed by atoms with Gasteiger partial charge in [-0.3, -0.25) is 19.4 Å². The highest BCUT2D eigenvalue weighted by atomic mass is 19.2. The number of hydrogen-bond acceptors (Lipinski definition) is 5. The monoisotopic (exact) mass is 444 g/mol. The Labute approximate surface area is 182 Å². The van der Waals surface area contributed by atoms with Crippen LogP contribution in [0, 0.1) is 28.9 Å². The molecule has 32 heavy (non-hydrogen) atoms. The van der Waals surface area contributed by atoms with Crippen LogP contribution in [0.5, 0.6) is 5.75 Å². The topological polar surface area (TPSA) is 115 Å². The van der Waals surface area contributed by atoms with Crippen LogP contribution in [-0.2, 0) is 4.79 Å². The molecule has 2 heterocycles. The van der Waals surface area contributed by atoms with E-state index in [-0.39, 0.29) is 28.5 Å². The molecule has 0 spiro atoms. The number of carbonyl (C=O) groups excluding carboxylic acids is 3. The fraction of sp³-hybridized carbons (Fsp3) is 0.364. The fourth-order valence-corrected chi connectivity index (χ4v) is 4.71. The van der Waals surface area contributed by atoms with E-state index in [2.05, 4.69) is 10.3 Å². The number of methoxy groups -OCH3 is 1. The molecule has 10 heteroatoms. The number of nitrogens with zero attached hydrogens (tertiary/aromatic N) is 2. The highest BCUT2D eigenvalue weighted by Crippen LogP contribution is 2.65. The molecular weight excluding hydrogens is 422 g/mol. The summed E-state index contributed by atoms with van der Waals surface area (Å²) < 4.78 is 32.7. The van der Waals surface area contributed by atoms with E-state index in [1.807, 2.05) is 13.8 Å². The molecule has 3 N–H and O–H groups in total. The summed E-state index contributed by atoms with van der Waals surface area (Å²) in [7, 11) is 1.14. The van der Waals surface area contributed by atoms with Crippen LogP contribution in [0.4, 0.5) is 14.5 Å².